The molecule has 0 aromatic carbocycles. The lowest BCUT2D eigenvalue weighted by Crippen LogP contribution is -2.32. The summed E-state index contributed by atoms with van der Waals surface area (Å²) in [6, 6.07) is 4.42. The third kappa shape index (κ3) is 4.30. The molecule has 1 aromatic heterocycles. The number of aliphatic hydroxyl groups is 1. The van der Waals surface area contributed by atoms with Crippen molar-refractivity contribution in [1.29, 1.82) is 0 Å². The van der Waals surface area contributed by atoms with E-state index in [1.54, 1.807) is 13.1 Å². The summed E-state index contributed by atoms with van der Waals surface area (Å²) >= 11 is 0. The molecule has 1 N–H and O–H groups in total. The molecular weight excluding hydrogens is 224 g/mol. The molecule has 1 atom stereocenters. The smallest absolute Gasteiger partial charge is 0.128 e. The van der Waals surface area contributed by atoms with Crippen molar-refractivity contribution in [2.45, 2.75) is 59.1 Å². The van der Waals surface area contributed by atoms with Crippen LogP contribution >= 0.6 is 0 Å². The van der Waals surface area contributed by atoms with Crippen molar-refractivity contribution in [2.24, 2.45) is 0 Å². The number of pyridine rings is 1. The van der Waals surface area contributed by atoms with E-state index in [0.717, 1.165) is 17.9 Å². The Balaban J connectivity index is 2.72. The highest BCUT2D eigenvalue weighted by atomic mass is 16.3. The third-order valence-electron chi connectivity index (χ3n) is 3.17. The predicted molar refractivity (Wildman–Crippen MR) is 76.9 cm³/mol. The van der Waals surface area contributed by atoms with Gasteiger partial charge in [-0.1, -0.05) is 25.8 Å². The molecule has 0 saturated carbocycles. The zero-order valence-electron chi connectivity index (χ0n) is 12.1. The lowest BCUT2D eigenvalue weighted by molar-refractivity contribution is 0.199. The average Bonchev–Trinajstić information content (AvgIpc) is 2.34. The van der Waals surface area contributed by atoms with Crippen molar-refractivity contribution in [3.8, 4) is 0 Å². The van der Waals surface area contributed by atoms with Gasteiger partial charge in [-0.15, -0.1) is 0 Å². The second-order valence-electron chi connectivity index (χ2n) is 5.12. The molecule has 0 saturated heterocycles. The number of aromatic nitrogens is 1. The number of rotatable bonds is 7. The molecule has 1 rings (SSSR count). The standard InChI is InChI=1S/C15H26N2O/c1-5-6-7-10-17(12(2)3)15-9-8-14(11-16-15)13(4)18/h8-9,11-13,18H,5-7,10H2,1-4H3/t13-/m0/s1. The second kappa shape index (κ2) is 7.37. The van der Waals surface area contributed by atoms with E-state index >= 15 is 0 Å². The summed E-state index contributed by atoms with van der Waals surface area (Å²) < 4.78 is 0. The van der Waals surface area contributed by atoms with E-state index < -0.39 is 6.10 Å². The molecule has 3 heteroatoms. The van der Waals surface area contributed by atoms with E-state index in [9.17, 15) is 5.11 Å². The molecule has 0 fully saturated rings. The van der Waals surface area contributed by atoms with Gasteiger partial charge in [-0.3, -0.25) is 0 Å². The van der Waals surface area contributed by atoms with E-state index in [0.29, 0.717) is 6.04 Å². The fourth-order valence-electron chi connectivity index (χ4n) is 1.98. The first-order valence-corrected chi connectivity index (χ1v) is 6.97. The molecule has 18 heavy (non-hydrogen) atoms. The van der Waals surface area contributed by atoms with Crippen LogP contribution in [0.15, 0.2) is 18.3 Å². The maximum absolute atomic E-state index is 9.48. The Kier molecular flexibility index (Phi) is 6.13. The van der Waals surface area contributed by atoms with E-state index in [4.69, 9.17) is 0 Å². The van der Waals surface area contributed by atoms with Crippen LogP contribution in [0.3, 0.4) is 0 Å². The van der Waals surface area contributed by atoms with E-state index in [1.165, 1.54) is 19.3 Å². The molecule has 1 heterocycles. The molecule has 0 amide bonds. The monoisotopic (exact) mass is 250 g/mol. The highest BCUT2D eigenvalue weighted by molar-refractivity contribution is 5.40. The van der Waals surface area contributed by atoms with Gasteiger partial charge in [0.1, 0.15) is 5.82 Å². The Morgan fingerprint density at radius 3 is 2.39 bits per heavy atom. The summed E-state index contributed by atoms with van der Waals surface area (Å²) in [7, 11) is 0. The van der Waals surface area contributed by atoms with Crippen molar-refractivity contribution in [3.63, 3.8) is 0 Å². The molecule has 0 radical (unpaired) electrons. The molecule has 0 unspecified atom stereocenters. The van der Waals surface area contributed by atoms with E-state index in [2.05, 4.69) is 30.7 Å². The van der Waals surface area contributed by atoms with Crippen LogP contribution in [0.25, 0.3) is 0 Å². The summed E-state index contributed by atoms with van der Waals surface area (Å²) in [5.74, 6) is 1.01. The van der Waals surface area contributed by atoms with Gasteiger partial charge in [0.25, 0.3) is 0 Å². The summed E-state index contributed by atoms with van der Waals surface area (Å²) in [4.78, 5) is 6.79. The molecule has 0 spiro atoms. The maximum atomic E-state index is 9.48. The molecular formula is C15H26N2O. The first kappa shape index (κ1) is 15.0. The first-order valence-electron chi connectivity index (χ1n) is 6.97. The van der Waals surface area contributed by atoms with Crippen LogP contribution in [0.2, 0.25) is 0 Å². The topological polar surface area (TPSA) is 36.4 Å². The van der Waals surface area contributed by atoms with Gasteiger partial charge in [-0.05, 0) is 38.8 Å². The minimum atomic E-state index is -0.445. The second-order valence-corrected chi connectivity index (χ2v) is 5.12. The highest BCUT2D eigenvalue weighted by Gasteiger charge is 2.11. The molecule has 1 aromatic rings. The lowest BCUT2D eigenvalue weighted by atomic mass is 10.2. The van der Waals surface area contributed by atoms with Gasteiger partial charge >= 0.3 is 0 Å². The first-order chi connectivity index (χ1) is 8.56. The minimum Gasteiger partial charge on any atom is -0.389 e. The number of aliphatic hydroxyl groups excluding tert-OH is 1. The van der Waals surface area contributed by atoms with Gasteiger partial charge in [-0.2, -0.15) is 0 Å². The van der Waals surface area contributed by atoms with Gasteiger partial charge in [0.05, 0.1) is 6.10 Å². The Bertz CT molecular complexity index is 333. The maximum Gasteiger partial charge on any atom is 0.128 e. The van der Waals surface area contributed by atoms with Crippen molar-refractivity contribution in [1.82, 2.24) is 4.98 Å². The van der Waals surface area contributed by atoms with Gasteiger partial charge < -0.3 is 10.0 Å². The molecule has 102 valence electrons. The van der Waals surface area contributed by atoms with Crippen molar-refractivity contribution in [2.75, 3.05) is 11.4 Å². The molecule has 0 bridgehead atoms. The SMILES string of the molecule is CCCCCN(c1ccc([C@H](C)O)cn1)C(C)C. The fourth-order valence-corrected chi connectivity index (χ4v) is 1.98. The molecule has 0 aliphatic carbocycles. The van der Waals surface area contributed by atoms with Crippen LogP contribution in [0, 0.1) is 0 Å². The van der Waals surface area contributed by atoms with Crippen LogP contribution in [-0.4, -0.2) is 22.7 Å². The molecule has 0 aliphatic rings. The summed E-state index contributed by atoms with van der Waals surface area (Å²) in [5, 5.41) is 9.48. The average molecular weight is 250 g/mol. The van der Waals surface area contributed by atoms with Crippen LogP contribution in [0.4, 0.5) is 5.82 Å². The van der Waals surface area contributed by atoms with Crippen LogP contribution in [0.5, 0.6) is 0 Å². The van der Waals surface area contributed by atoms with Crippen LogP contribution in [0.1, 0.15) is 58.6 Å². The zero-order chi connectivity index (χ0) is 13.5. The third-order valence-corrected chi connectivity index (χ3v) is 3.17. The van der Waals surface area contributed by atoms with Gasteiger partial charge in [0, 0.05) is 18.8 Å². The van der Waals surface area contributed by atoms with Crippen molar-refractivity contribution >= 4 is 5.82 Å². The Hall–Kier alpha value is -1.09. The van der Waals surface area contributed by atoms with Crippen molar-refractivity contribution < 1.29 is 5.11 Å². The van der Waals surface area contributed by atoms with Gasteiger partial charge in [0.2, 0.25) is 0 Å². The number of hydrogen-bond donors (Lipinski definition) is 1. The Morgan fingerprint density at radius 2 is 1.94 bits per heavy atom. The summed E-state index contributed by atoms with van der Waals surface area (Å²) in [6.45, 7) is 9.41. The summed E-state index contributed by atoms with van der Waals surface area (Å²) in [6.07, 6.45) is 5.03. The number of nitrogens with zero attached hydrogens (tertiary/aromatic N) is 2. The lowest BCUT2D eigenvalue weighted by Gasteiger charge is -2.28. The Morgan fingerprint density at radius 1 is 1.22 bits per heavy atom. The normalized spacial score (nSPS) is 12.8. The number of anilines is 1. The fraction of sp³-hybridized carbons (Fsp3) is 0.667. The Labute approximate surface area is 111 Å². The predicted octanol–water partition coefficient (Wildman–Crippen LogP) is 3.54. The van der Waals surface area contributed by atoms with E-state index in [1.807, 2.05) is 12.1 Å². The van der Waals surface area contributed by atoms with Gasteiger partial charge in [-0.25, -0.2) is 4.98 Å². The van der Waals surface area contributed by atoms with E-state index in [-0.39, 0.29) is 0 Å². The molecule has 0 aliphatic heterocycles. The van der Waals surface area contributed by atoms with Crippen LogP contribution < -0.4 is 4.90 Å². The number of hydrogen-bond acceptors (Lipinski definition) is 3. The quantitative estimate of drug-likeness (QED) is 0.752. The van der Waals surface area contributed by atoms with Crippen molar-refractivity contribution in [3.05, 3.63) is 23.9 Å². The highest BCUT2D eigenvalue weighted by Crippen LogP contribution is 2.18. The van der Waals surface area contributed by atoms with Gasteiger partial charge in [0.15, 0.2) is 0 Å². The minimum absolute atomic E-state index is 0.445. The summed E-state index contributed by atoms with van der Waals surface area (Å²) in [5.41, 5.74) is 0.871. The van der Waals surface area contributed by atoms with Crippen LogP contribution in [-0.2, 0) is 0 Å². The zero-order valence-corrected chi connectivity index (χ0v) is 12.1. The largest absolute Gasteiger partial charge is 0.389 e. The number of unbranched alkanes of at least 4 members (excludes halogenated alkanes) is 2. The molecule has 3 nitrogen and oxygen atoms in total.